The van der Waals surface area contributed by atoms with E-state index < -0.39 is 0 Å². The van der Waals surface area contributed by atoms with E-state index in [4.69, 9.17) is 4.74 Å². The van der Waals surface area contributed by atoms with Crippen LogP contribution in [0.15, 0.2) is 22.7 Å². The Morgan fingerprint density at radius 3 is 2.75 bits per heavy atom. The third-order valence-electron chi connectivity index (χ3n) is 2.50. The van der Waals surface area contributed by atoms with Crippen molar-refractivity contribution < 1.29 is 4.74 Å². The lowest BCUT2D eigenvalue weighted by Crippen LogP contribution is -2.22. The first-order valence-electron chi connectivity index (χ1n) is 5.38. The molecular formula is C12H19BrN2O. The summed E-state index contributed by atoms with van der Waals surface area (Å²) in [5.41, 5.74) is 1.20. The Labute approximate surface area is 106 Å². The van der Waals surface area contributed by atoms with Crippen LogP contribution in [0.1, 0.15) is 6.42 Å². The second-order valence-corrected chi connectivity index (χ2v) is 4.55. The Morgan fingerprint density at radius 2 is 2.19 bits per heavy atom. The van der Waals surface area contributed by atoms with E-state index >= 15 is 0 Å². The van der Waals surface area contributed by atoms with Gasteiger partial charge in [0.25, 0.3) is 0 Å². The molecular weight excluding hydrogens is 268 g/mol. The van der Waals surface area contributed by atoms with Crippen molar-refractivity contribution in [2.75, 3.05) is 39.2 Å². The van der Waals surface area contributed by atoms with Crippen molar-refractivity contribution in [1.82, 2.24) is 5.32 Å². The summed E-state index contributed by atoms with van der Waals surface area (Å²) in [5.74, 6) is 0.868. The summed E-state index contributed by atoms with van der Waals surface area (Å²) in [4.78, 5) is 2.24. The lowest BCUT2D eigenvalue weighted by Gasteiger charge is -2.20. The summed E-state index contributed by atoms with van der Waals surface area (Å²) in [6.07, 6.45) is 1.14. The topological polar surface area (TPSA) is 24.5 Å². The lowest BCUT2D eigenvalue weighted by molar-refractivity contribution is 0.412. The smallest absolute Gasteiger partial charge is 0.133 e. The molecule has 0 aliphatic rings. The average Bonchev–Trinajstić information content (AvgIpc) is 2.29. The number of methoxy groups -OCH3 is 1. The highest BCUT2D eigenvalue weighted by Gasteiger charge is 2.04. The molecule has 1 aromatic carbocycles. The fourth-order valence-electron chi connectivity index (χ4n) is 1.51. The first-order chi connectivity index (χ1) is 7.69. The first-order valence-corrected chi connectivity index (χ1v) is 6.17. The van der Waals surface area contributed by atoms with Crippen molar-refractivity contribution in [3.05, 3.63) is 22.7 Å². The van der Waals surface area contributed by atoms with Gasteiger partial charge in [-0.05, 0) is 54.1 Å². The lowest BCUT2D eigenvalue weighted by atomic mass is 10.2. The van der Waals surface area contributed by atoms with Gasteiger partial charge in [0.15, 0.2) is 0 Å². The van der Waals surface area contributed by atoms with Crippen molar-refractivity contribution in [2.45, 2.75) is 6.42 Å². The van der Waals surface area contributed by atoms with Crippen LogP contribution in [-0.4, -0.2) is 34.3 Å². The normalized spacial score (nSPS) is 10.2. The number of anilines is 1. The maximum Gasteiger partial charge on any atom is 0.133 e. The molecule has 1 rings (SSSR count). The van der Waals surface area contributed by atoms with E-state index in [0.717, 1.165) is 29.7 Å². The summed E-state index contributed by atoms with van der Waals surface area (Å²) in [5, 5.41) is 3.15. The maximum atomic E-state index is 5.20. The summed E-state index contributed by atoms with van der Waals surface area (Å²) in [7, 11) is 5.75. The van der Waals surface area contributed by atoms with Gasteiger partial charge in [0.1, 0.15) is 5.75 Å². The standard InChI is InChI=1S/C12H19BrN2O/c1-14-7-4-8-15(2)10-5-6-12(16-3)11(13)9-10/h5-6,9,14H,4,7-8H2,1-3H3. The molecule has 3 nitrogen and oxygen atoms in total. The summed E-state index contributed by atoms with van der Waals surface area (Å²) in [6, 6.07) is 6.13. The SMILES string of the molecule is CNCCCN(C)c1ccc(OC)c(Br)c1. The molecule has 0 spiro atoms. The monoisotopic (exact) mass is 286 g/mol. The van der Waals surface area contributed by atoms with Gasteiger partial charge in [-0.15, -0.1) is 0 Å². The van der Waals surface area contributed by atoms with Gasteiger partial charge in [-0.2, -0.15) is 0 Å². The molecule has 0 saturated carbocycles. The summed E-state index contributed by atoms with van der Waals surface area (Å²) < 4.78 is 6.20. The number of hydrogen-bond acceptors (Lipinski definition) is 3. The van der Waals surface area contributed by atoms with Crippen LogP contribution < -0.4 is 15.0 Å². The molecule has 0 aliphatic carbocycles. The van der Waals surface area contributed by atoms with Gasteiger partial charge in [-0.3, -0.25) is 0 Å². The number of hydrogen-bond donors (Lipinski definition) is 1. The van der Waals surface area contributed by atoms with Crippen LogP contribution in [0, 0.1) is 0 Å². The van der Waals surface area contributed by atoms with E-state index in [2.05, 4.69) is 45.3 Å². The summed E-state index contributed by atoms with van der Waals surface area (Å²) in [6.45, 7) is 2.08. The average molecular weight is 287 g/mol. The van der Waals surface area contributed by atoms with E-state index in [0.29, 0.717) is 0 Å². The minimum atomic E-state index is 0.868. The highest BCUT2D eigenvalue weighted by Crippen LogP contribution is 2.29. The number of nitrogens with one attached hydrogen (secondary N) is 1. The van der Waals surface area contributed by atoms with Crippen molar-refractivity contribution >= 4 is 21.6 Å². The molecule has 0 unspecified atom stereocenters. The van der Waals surface area contributed by atoms with Crippen LogP contribution in [0.2, 0.25) is 0 Å². The van der Waals surface area contributed by atoms with Gasteiger partial charge in [-0.1, -0.05) is 0 Å². The van der Waals surface area contributed by atoms with Gasteiger partial charge in [-0.25, -0.2) is 0 Å². The zero-order valence-corrected chi connectivity index (χ0v) is 11.7. The fourth-order valence-corrected chi connectivity index (χ4v) is 2.04. The molecule has 1 N–H and O–H groups in total. The predicted molar refractivity (Wildman–Crippen MR) is 72.5 cm³/mol. The predicted octanol–water partition coefficient (Wildman–Crippen LogP) is 2.50. The molecule has 0 saturated heterocycles. The zero-order valence-electron chi connectivity index (χ0n) is 10.1. The van der Waals surface area contributed by atoms with E-state index in [9.17, 15) is 0 Å². The van der Waals surface area contributed by atoms with Crippen LogP contribution in [0.3, 0.4) is 0 Å². The second-order valence-electron chi connectivity index (χ2n) is 3.70. The van der Waals surface area contributed by atoms with E-state index in [1.54, 1.807) is 7.11 Å². The van der Waals surface area contributed by atoms with E-state index in [1.165, 1.54) is 5.69 Å². The minimum absolute atomic E-state index is 0.868. The van der Waals surface area contributed by atoms with Crippen molar-refractivity contribution in [3.63, 3.8) is 0 Å². The molecule has 0 heterocycles. The Morgan fingerprint density at radius 1 is 1.44 bits per heavy atom. The number of halogens is 1. The third kappa shape index (κ3) is 3.68. The number of ether oxygens (including phenoxy) is 1. The maximum absolute atomic E-state index is 5.20. The molecule has 1 aromatic rings. The molecule has 4 heteroatoms. The van der Waals surface area contributed by atoms with E-state index in [1.807, 2.05) is 13.1 Å². The Bertz CT molecular complexity index is 331. The molecule has 0 amide bonds. The Hall–Kier alpha value is -0.740. The molecule has 0 aromatic heterocycles. The fraction of sp³-hybridized carbons (Fsp3) is 0.500. The van der Waals surface area contributed by atoms with Crippen molar-refractivity contribution in [2.24, 2.45) is 0 Å². The quantitative estimate of drug-likeness (QED) is 0.814. The molecule has 0 bridgehead atoms. The molecule has 16 heavy (non-hydrogen) atoms. The van der Waals surface area contributed by atoms with Gasteiger partial charge in [0, 0.05) is 19.3 Å². The van der Waals surface area contributed by atoms with Crippen LogP contribution >= 0.6 is 15.9 Å². The van der Waals surface area contributed by atoms with Crippen molar-refractivity contribution in [1.29, 1.82) is 0 Å². The first kappa shape index (κ1) is 13.3. The minimum Gasteiger partial charge on any atom is -0.496 e. The van der Waals surface area contributed by atoms with Crippen LogP contribution in [-0.2, 0) is 0 Å². The second kappa shape index (κ2) is 6.76. The van der Waals surface area contributed by atoms with Gasteiger partial charge >= 0.3 is 0 Å². The number of benzene rings is 1. The van der Waals surface area contributed by atoms with Gasteiger partial charge in [0.05, 0.1) is 11.6 Å². The molecule has 0 aliphatic heterocycles. The van der Waals surface area contributed by atoms with Crippen LogP contribution in [0.25, 0.3) is 0 Å². The molecule has 90 valence electrons. The molecule has 0 fully saturated rings. The number of rotatable bonds is 6. The Balaban J connectivity index is 2.62. The largest absolute Gasteiger partial charge is 0.496 e. The summed E-state index contributed by atoms with van der Waals surface area (Å²) >= 11 is 3.49. The van der Waals surface area contributed by atoms with Crippen molar-refractivity contribution in [3.8, 4) is 5.75 Å². The van der Waals surface area contributed by atoms with Crippen LogP contribution in [0.4, 0.5) is 5.69 Å². The highest BCUT2D eigenvalue weighted by atomic mass is 79.9. The molecule has 0 radical (unpaired) electrons. The van der Waals surface area contributed by atoms with Gasteiger partial charge in [0.2, 0.25) is 0 Å². The number of nitrogens with zero attached hydrogens (tertiary/aromatic N) is 1. The Kier molecular flexibility index (Phi) is 5.63. The highest BCUT2D eigenvalue weighted by molar-refractivity contribution is 9.10. The third-order valence-corrected chi connectivity index (χ3v) is 3.12. The zero-order chi connectivity index (χ0) is 12.0. The van der Waals surface area contributed by atoms with E-state index in [-0.39, 0.29) is 0 Å². The van der Waals surface area contributed by atoms with Crippen LogP contribution in [0.5, 0.6) is 5.75 Å². The molecule has 0 atom stereocenters. The van der Waals surface area contributed by atoms with Gasteiger partial charge < -0.3 is 15.0 Å².